The number of hydrogen-bond acceptors (Lipinski definition) is 8. The predicted molar refractivity (Wildman–Crippen MR) is 150 cm³/mol. The van der Waals surface area contributed by atoms with Gasteiger partial charge in [-0.3, -0.25) is 0 Å². The van der Waals surface area contributed by atoms with Crippen molar-refractivity contribution in [3.05, 3.63) is 88.5 Å². The second-order valence-electron chi connectivity index (χ2n) is 8.86. The van der Waals surface area contributed by atoms with E-state index < -0.39 is 0 Å². The van der Waals surface area contributed by atoms with Gasteiger partial charge in [-0.05, 0) is 73.4 Å². The van der Waals surface area contributed by atoms with Crippen LogP contribution < -0.4 is 21.9 Å². The van der Waals surface area contributed by atoms with Gasteiger partial charge < -0.3 is 32.1 Å². The van der Waals surface area contributed by atoms with Crippen LogP contribution in [0.4, 0.5) is 5.82 Å². The van der Waals surface area contributed by atoms with Crippen molar-refractivity contribution in [3.63, 3.8) is 0 Å². The van der Waals surface area contributed by atoms with Crippen LogP contribution in [0.25, 0.3) is 5.57 Å². The summed E-state index contributed by atoms with van der Waals surface area (Å²) in [6.45, 7) is 2.10. The number of methoxy groups -OCH3 is 1. The minimum atomic E-state index is 0.387. The molecule has 0 aliphatic heterocycles. The fourth-order valence-corrected chi connectivity index (χ4v) is 4.00. The van der Waals surface area contributed by atoms with Crippen LogP contribution in [-0.2, 0) is 37.0 Å². The molecule has 2 aromatic carbocycles. The molecule has 3 rings (SSSR count). The molecule has 0 aliphatic rings. The highest BCUT2D eigenvalue weighted by atomic mass is 16.5. The van der Waals surface area contributed by atoms with Crippen molar-refractivity contribution in [3.8, 4) is 5.75 Å². The number of benzene rings is 2. The van der Waals surface area contributed by atoms with Gasteiger partial charge in [0.1, 0.15) is 11.6 Å². The smallest absolute Gasteiger partial charge is 0.145 e. The van der Waals surface area contributed by atoms with Crippen molar-refractivity contribution < 1.29 is 9.47 Å². The highest BCUT2D eigenvalue weighted by molar-refractivity contribution is 6.07. The van der Waals surface area contributed by atoms with Crippen molar-refractivity contribution in [2.45, 2.75) is 45.1 Å². The van der Waals surface area contributed by atoms with Crippen molar-refractivity contribution in [1.29, 1.82) is 5.41 Å². The summed E-state index contributed by atoms with van der Waals surface area (Å²) in [7, 11) is 1.70. The summed E-state index contributed by atoms with van der Waals surface area (Å²) in [5, 5.41) is 7.47. The van der Waals surface area contributed by atoms with Crippen molar-refractivity contribution >= 4 is 17.6 Å². The maximum Gasteiger partial charge on any atom is 0.145 e. The summed E-state index contributed by atoms with van der Waals surface area (Å²) >= 11 is 0. The zero-order chi connectivity index (χ0) is 26.5. The Morgan fingerprint density at radius 1 is 0.973 bits per heavy atom. The maximum atomic E-state index is 7.47. The number of nitrogens with two attached hydrogens (primary N) is 3. The first kappa shape index (κ1) is 27.8. The van der Waals surface area contributed by atoms with E-state index in [1.165, 1.54) is 29.1 Å². The Balaban J connectivity index is 1.56. The molecule has 37 heavy (non-hydrogen) atoms. The first-order chi connectivity index (χ1) is 18.1. The summed E-state index contributed by atoms with van der Waals surface area (Å²) < 4.78 is 11.4. The lowest BCUT2D eigenvalue weighted by Gasteiger charge is -2.12. The van der Waals surface area contributed by atoms with Crippen LogP contribution >= 0.6 is 0 Å². The lowest BCUT2D eigenvalue weighted by atomic mass is 9.99. The minimum Gasteiger partial charge on any atom is -0.496 e. The van der Waals surface area contributed by atoms with Gasteiger partial charge in [-0.2, -0.15) is 0 Å². The van der Waals surface area contributed by atoms with E-state index in [2.05, 4.69) is 52.4 Å². The quantitative estimate of drug-likeness (QED) is 0.182. The van der Waals surface area contributed by atoms with Gasteiger partial charge in [-0.15, -0.1) is 0 Å². The molecule has 8 heteroatoms. The second kappa shape index (κ2) is 14.7. The van der Waals surface area contributed by atoms with Crippen LogP contribution in [0.5, 0.6) is 5.75 Å². The highest BCUT2D eigenvalue weighted by Gasteiger charge is 2.10. The van der Waals surface area contributed by atoms with Gasteiger partial charge in [0.2, 0.25) is 0 Å². The van der Waals surface area contributed by atoms with Gasteiger partial charge in [-0.25, -0.2) is 9.97 Å². The van der Waals surface area contributed by atoms with E-state index >= 15 is 0 Å². The molecule has 3 aromatic rings. The maximum absolute atomic E-state index is 7.47. The van der Waals surface area contributed by atoms with Gasteiger partial charge >= 0.3 is 0 Å². The van der Waals surface area contributed by atoms with Crippen LogP contribution in [0.2, 0.25) is 0 Å². The number of nitrogens with one attached hydrogen (secondary N) is 1. The number of aryl methyl sites for hydroxylation is 4. The number of ether oxygens (including phenoxy) is 2. The van der Waals surface area contributed by atoms with Crippen LogP contribution in [0.3, 0.4) is 0 Å². The van der Waals surface area contributed by atoms with Crippen LogP contribution in [0, 0.1) is 5.41 Å². The molecule has 0 radical (unpaired) electrons. The normalized spacial score (nSPS) is 11.5. The fourth-order valence-electron chi connectivity index (χ4n) is 4.00. The topological polar surface area (TPSA) is 146 Å². The fraction of sp³-hybridized carbons (Fsp3) is 0.345. The largest absolute Gasteiger partial charge is 0.496 e. The Morgan fingerprint density at radius 3 is 2.41 bits per heavy atom. The monoisotopic (exact) mass is 502 g/mol. The summed E-state index contributed by atoms with van der Waals surface area (Å²) in [5.41, 5.74) is 23.6. The Hall–Kier alpha value is -3.75. The SMILES string of the molecule is COc1cc(CCc2nc(/C(C=N)=C/N)cnc2N)ccc1CCc1ccc(COCCCCN)cc1. The number of allylic oxidation sites excluding steroid dienone is 1. The first-order valence-electron chi connectivity index (χ1n) is 12.6. The lowest BCUT2D eigenvalue weighted by Crippen LogP contribution is -2.06. The Labute approximate surface area is 219 Å². The molecule has 7 N–H and O–H groups in total. The average molecular weight is 503 g/mol. The molecule has 0 saturated heterocycles. The molecule has 8 nitrogen and oxygen atoms in total. The molecule has 0 amide bonds. The molecule has 0 fully saturated rings. The number of unbranched alkanes of at least 4 members (excludes halogenated alkanes) is 1. The lowest BCUT2D eigenvalue weighted by molar-refractivity contribution is 0.117. The molecular weight excluding hydrogens is 464 g/mol. The van der Waals surface area contributed by atoms with Gasteiger partial charge in [0.05, 0.1) is 31.3 Å². The predicted octanol–water partition coefficient (Wildman–Crippen LogP) is 3.84. The number of hydrogen-bond donors (Lipinski definition) is 4. The molecule has 0 saturated carbocycles. The molecule has 0 bridgehead atoms. The van der Waals surface area contributed by atoms with Gasteiger partial charge in [0, 0.05) is 24.6 Å². The zero-order valence-corrected chi connectivity index (χ0v) is 21.6. The number of rotatable bonds is 15. The molecule has 0 atom stereocenters. The third kappa shape index (κ3) is 8.41. The van der Waals surface area contributed by atoms with E-state index in [0.717, 1.165) is 56.2 Å². The zero-order valence-electron chi connectivity index (χ0n) is 21.6. The van der Waals surface area contributed by atoms with Crippen molar-refractivity contribution in [1.82, 2.24) is 9.97 Å². The summed E-state index contributed by atoms with van der Waals surface area (Å²) in [4.78, 5) is 8.78. The Morgan fingerprint density at radius 2 is 1.70 bits per heavy atom. The van der Waals surface area contributed by atoms with Crippen molar-refractivity contribution in [2.75, 3.05) is 26.0 Å². The number of nitrogen functional groups attached to an aromatic ring is 1. The average Bonchev–Trinajstić information content (AvgIpc) is 2.93. The third-order valence-corrected chi connectivity index (χ3v) is 6.23. The van der Waals surface area contributed by atoms with Crippen LogP contribution in [0.15, 0.2) is 54.9 Å². The third-order valence-electron chi connectivity index (χ3n) is 6.23. The highest BCUT2D eigenvalue weighted by Crippen LogP contribution is 2.24. The van der Waals surface area contributed by atoms with E-state index in [1.54, 1.807) is 7.11 Å². The Kier molecular flexibility index (Phi) is 11.1. The van der Waals surface area contributed by atoms with E-state index in [9.17, 15) is 0 Å². The van der Waals surface area contributed by atoms with E-state index in [0.29, 0.717) is 42.4 Å². The number of aromatic nitrogens is 2. The van der Waals surface area contributed by atoms with E-state index in [1.807, 2.05) is 0 Å². The molecule has 0 spiro atoms. The molecule has 1 aromatic heterocycles. The number of anilines is 1. The van der Waals surface area contributed by atoms with Gasteiger partial charge in [-0.1, -0.05) is 36.4 Å². The van der Waals surface area contributed by atoms with Gasteiger partial charge in [0.15, 0.2) is 0 Å². The van der Waals surface area contributed by atoms with Gasteiger partial charge in [0.25, 0.3) is 0 Å². The minimum absolute atomic E-state index is 0.387. The molecule has 0 aliphatic carbocycles. The number of nitrogens with zero attached hydrogens (tertiary/aromatic N) is 2. The molecule has 1 heterocycles. The Bertz CT molecular complexity index is 1180. The summed E-state index contributed by atoms with van der Waals surface area (Å²) in [5.74, 6) is 1.27. The van der Waals surface area contributed by atoms with Crippen LogP contribution in [0.1, 0.15) is 46.5 Å². The van der Waals surface area contributed by atoms with E-state index in [4.69, 9.17) is 32.1 Å². The molecule has 0 unspecified atom stereocenters. The van der Waals surface area contributed by atoms with E-state index in [-0.39, 0.29) is 0 Å². The standard InChI is InChI=1S/C29H38N6O2/c1-36-28-16-22(10-13-26-29(33)34-19-27(35-26)25(17-31)18-32)9-12-24(28)11-8-21-4-6-23(7-5-21)20-37-15-3-2-14-30/h4-7,9,12,16-19,31H,2-3,8,10-11,13-15,20,30,32H2,1H3,(H2,33,34)/b25-18+,31-17?. The van der Waals surface area contributed by atoms with Crippen LogP contribution in [-0.4, -0.2) is 36.4 Å². The molecule has 196 valence electrons. The van der Waals surface area contributed by atoms with Crippen molar-refractivity contribution in [2.24, 2.45) is 11.5 Å². The summed E-state index contributed by atoms with van der Waals surface area (Å²) in [6.07, 6.45) is 9.20. The first-order valence-corrected chi connectivity index (χ1v) is 12.6. The molecular formula is C29H38N6O2. The second-order valence-corrected chi connectivity index (χ2v) is 8.86. The summed E-state index contributed by atoms with van der Waals surface area (Å²) in [6, 6.07) is 14.9.